The number of allylic oxidation sites excluding steroid dienone is 4. The molecule has 320 valence electrons. The molecule has 5 aromatic rings. The Balaban J connectivity index is 1.39. The van der Waals surface area contributed by atoms with Gasteiger partial charge in [-0.15, -0.1) is 0 Å². The first kappa shape index (κ1) is 44.2. The van der Waals surface area contributed by atoms with Crippen molar-refractivity contribution in [2.24, 2.45) is 0 Å². The molecule has 2 aliphatic rings. The van der Waals surface area contributed by atoms with Gasteiger partial charge in [0.25, 0.3) is 0 Å². The summed E-state index contributed by atoms with van der Waals surface area (Å²) in [5.74, 6) is 0. The molecule has 0 atom stereocenters. The van der Waals surface area contributed by atoms with Crippen LogP contribution in [0.4, 0.5) is 28.4 Å². The molecule has 0 aromatic heterocycles. The summed E-state index contributed by atoms with van der Waals surface area (Å²) in [5.41, 5.74) is 19.3. The third-order valence-corrected chi connectivity index (χ3v) is 13.8. The van der Waals surface area contributed by atoms with E-state index in [1.54, 1.807) is 16.7 Å². The van der Waals surface area contributed by atoms with Gasteiger partial charge in [-0.25, -0.2) is 0 Å². The van der Waals surface area contributed by atoms with Gasteiger partial charge in [-0.3, -0.25) is 0 Å². The maximum atomic E-state index is 2.71. The second-order valence-electron chi connectivity index (χ2n) is 18.3. The van der Waals surface area contributed by atoms with Crippen molar-refractivity contribution in [3.05, 3.63) is 166 Å². The average Bonchev–Trinajstić information content (AvgIpc) is 3.54. The highest BCUT2D eigenvalue weighted by Gasteiger charge is 2.45. The highest BCUT2D eigenvalue weighted by molar-refractivity contribution is 5.88. The Kier molecular flexibility index (Phi) is 15.5. The molecule has 0 saturated heterocycles. The van der Waals surface area contributed by atoms with Crippen LogP contribution in [0.2, 0.25) is 0 Å². The van der Waals surface area contributed by atoms with Crippen molar-refractivity contribution in [1.29, 1.82) is 0 Å². The Morgan fingerprint density at radius 1 is 0.459 bits per heavy atom. The minimum absolute atomic E-state index is 0.0328. The second-order valence-corrected chi connectivity index (χ2v) is 18.3. The van der Waals surface area contributed by atoms with Crippen molar-refractivity contribution in [3.8, 4) is 0 Å². The molecule has 0 spiro atoms. The smallest absolute Gasteiger partial charge is 0.0465 e. The van der Waals surface area contributed by atoms with Gasteiger partial charge in [0, 0.05) is 39.5 Å². The van der Waals surface area contributed by atoms with Crippen LogP contribution < -0.4 is 9.80 Å². The zero-order valence-electron chi connectivity index (χ0n) is 38.7. The third-order valence-electron chi connectivity index (χ3n) is 13.8. The fourth-order valence-electron chi connectivity index (χ4n) is 10.4. The summed E-state index contributed by atoms with van der Waals surface area (Å²) in [4.78, 5) is 5.14. The number of hydrogen-bond donors (Lipinski definition) is 0. The van der Waals surface area contributed by atoms with Gasteiger partial charge < -0.3 is 9.80 Å². The van der Waals surface area contributed by atoms with Gasteiger partial charge in [-0.05, 0) is 164 Å². The fourth-order valence-corrected chi connectivity index (χ4v) is 10.4. The highest BCUT2D eigenvalue weighted by Crippen LogP contribution is 2.58. The number of rotatable bonds is 22. The van der Waals surface area contributed by atoms with Crippen LogP contribution in [-0.4, -0.2) is 0 Å². The average molecular weight is 811 g/mol. The summed E-state index contributed by atoms with van der Waals surface area (Å²) in [7, 11) is 0. The Morgan fingerprint density at radius 3 is 1.48 bits per heavy atom. The lowest BCUT2D eigenvalue weighted by atomic mass is 9.68. The van der Waals surface area contributed by atoms with E-state index in [0.29, 0.717) is 0 Å². The zero-order chi connectivity index (χ0) is 42.6. The van der Waals surface area contributed by atoms with Crippen molar-refractivity contribution in [1.82, 2.24) is 0 Å². The molecule has 0 amide bonds. The zero-order valence-corrected chi connectivity index (χ0v) is 38.7. The number of hydrogen-bond acceptors (Lipinski definition) is 2. The maximum absolute atomic E-state index is 2.71. The van der Waals surface area contributed by atoms with Crippen molar-refractivity contribution in [2.75, 3.05) is 9.80 Å². The molecule has 0 unspecified atom stereocenters. The van der Waals surface area contributed by atoms with E-state index in [1.807, 2.05) is 0 Å². The molecule has 0 N–H and O–H groups in total. The molecule has 61 heavy (non-hydrogen) atoms. The van der Waals surface area contributed by atoms with E-state index in [1.165, 1.54) is 152 Å². The Morgan fingerprint density at radius 2 is 0.934 bits per heavy atom. The van der Waals surface area contributed by atoms with Crippen LogP contribution in [0.1, 0.15) is 164 Å². The second kappa shape index (κ2) is 21.3. The lowest BCUT2D eigenvalue weighted by molar-refractivity contribution is 0.394. The van der Waals surface area contributed by atoms with Gasteiger partial charge in [-0.1, -0.05) is 159 Å². The number of benzene rings is 5. The maximum Gasteiger partial charge on any atom is 0.0465 e. The molecule has 0 radical (unpaired) electrons. The fraction of sp³-hybridized carbons (Fsp3) is 0.424. The molecule has 7 rings (SSSR count). The van der Waals surface area contributed by atoms with E-state index in [9.17, 15) is 0 Å². The largest absolute Gasteiger partial charge is 0.314 e. The number of nitrogens with zero attached hydrogens (tertiary/aromatic N) is 2. The van der Waals surface area contributed by atoms with E-state index in [2.05, 4.69) is 173 Å². The Hall–Kier alpha value is -4.82. The third kappa shape index (κ3) is 10.3. The Labute approximate surface area is 370 Å². The van der Waals surface area contributed by atoms with Crippen LogP contribution in [0.3, 0.4) is 0 Å². The van der Waals surface area contributed by atoms with Gasteiger partial charge in [0.2, 0.25) is 0 Å². The van der Waals surface area contributed by atoms with Crippen molar-refractivity contribution in [3.63, 3.8) is 0 Å². The molecule has 2 nitrogen and oxygen atoms in total. The molecule has 0 aliphatic heterocycles. The predicted octanol–water partition coefficient (Wildman–Crippen LogP) is 17.9. The van der Waals surface area contributed by atoms with Gasteiger partial charge in [0.15, 0.2) is 0 Å². The van der Waals surface area contributed by atoms with Crippen LogP contribution in [0.25, 0.3) is 5.57 Å². The minimum atomic E-state index is -0.0328. The summed E-state index contributed by atoms with van der Waals surface area (Å²) < 4.78 is 0. The van der Waals surface area contributed by atoms with Gasteiger partial charge in [0.1, 0.15) is 0 Å². The number of unbranched alkanes of at least 4 members (excludes halogenated alkanes) is 10. The molecule has 5 aromatic carbocycles. The molecule has 0 heterocycles. The normalized spacial score (nSPS) is 14.2. The Bertz CT molecular complexity index is 2250. The van der Waals surface area contributed by atoms with Crippen molar-refractivity contribution >= 4 is 34.0 Å². The molecular weight excluding hydrogens is 737 g/mol. The van der Waals surface area contributed by atoms with E-state index in [0.717, 1.165) is 25.7 Å². The number of anilines is 5. The van der Waals surface area contributed by atoms with Crippen LogP contribution in [0.15, 0.2) is 133 Å². The summed E-state index contributed by atoms with van der Waals surface area (Å²) in [6.45, 7) is 13.7. The quantitative estimate of drug-likeness (QED) is 0.0643. The first-order valence-electron chi connectivity index (χ1n) is 24.4. The topological polar surface area (TPSA) is 6.48 Å². The first-order valence-corrected chi connectivity index (χ1v) is 24.4. The van der Waals surface area contributed by atoms with Gasteiger partial charge >= 0.3 is 0 Å². The van der Waals surface area contributed by atoms with E-state index in [4.69, 9.17) is 0 Å². The lowest BCUT2D eigenvalue weighted by Crippen LogP contribution is -2.28. The first-order chi connectivity index (χ1) is 29.9. The van der Waals surface area contributed by atoms with Gasteiger partial charge in [0.05, 0.1) is 0 Å². The molecule has 2 heteroatoms. The molecule has 0 saturated carbocycles. The summed E-state index contributed by atoms with van der Waals surface area (Å²) in [6, 6.07) is 44.4. The molecular formula is C59H74N2. The van der Waals surface area contributed by atoms with Crippen LogP contribution in [0, 0.1) is 13.8 Å². The van der Waals surface area contributed by atoms with E-state index in [-0.39, 0.29) is 5.41 Å². The summed E-state index contributed by atoms with van der Waals surface area (Å²) in [6.07, 6.45) is 25.1. The lowest BCUT2D eigenvalue weighted by Gasteiger charge is -2.37. The number of fused-ring (bicyclic) bond motifs is 2. The monoisotopic (exact) mass is 811 g/mol. The van der Waals surface area contributed by atoms with E-state index >= 15 is 0 Å². The van der Waals surface area contributed by atoms with E-state index < -0.39 is 0 Å². The van der Waals surface area contributed by atoms with Crippen molar-refractivity contribution in [2.45, 2.75) is 163 Å². The molecule has 0 bridgehead atoms. The SMILES string of the molecule is CCCCCCCCC1(CCCCCCCC)C2=C(CCC(N(c3cccc(C)c3)c3cccc(CC)c3)=C2)c2ccc(N(c3cccc(C)c3)c3cccc(CC)c3)cc21. The van der Waals surface area contributed by atoms with Gasteiger partial charge in [-0.2, -0.15) is 0 Å². The minimum Gasteiger partial charge on any atom is -0.314 e. The number of aryl methyl sites for hydroxylation is 4. The van der Waals surface area contributed by atoms with Crippen LogP contribution >= 0.6 is 0 Å². The van der Waals surface area contributed by atoms with Crippen LogP contribution in [-0.2, 0) is 18.3 Å². The summed E-state index contributed by atoms with van der Waals surface area (Å²) >= 11 is 0. The predicted molar refractivity (Wildman–Crippen MR) is 266 cm³/mol. The molecule has 0 fully saturated rings. The molecule has 2 aliphatic carbocycles. The summed E-state index contributed by atoms with van der Waals surface area (Å²) in [5, 5.41) is 0. The standard InChI is InChI=1S/C59H74N2/c1-7-11-13-15-17-19-37-59(38-20-18-16-14-12-8-2)57-43-53(60(49-29-21-25-45(5)39-49)51-31-23-27-47(9-3)41-51)33-35-55(57)56-36-34-54(44-58(56)59)61(50-30-22-26-46(6)40-50)52-32-24-28-48(10-4)42-52/h21-33,35,39-44H,7-20,34,36-38H2,1-6H3. The van der Waals surface area contributed by atoms with Crippen LogP contribution in [0.5, 0.6) is 0 Å². The van der Waals surface area contributed by atoms with Crippen molar-refractivity contribution < 1.29 is 0 Å². The highest BCUT2D eigenvalue weighted by atomic mass is 15.2.